The third kappa shape index (κ3) is 4.85. The van der Waals surface area contributed by atoms with Crippen molar-refractivity contribution in [3.63, 3.8) is 0 Å². The van der Waals surface area contributed by atoms with E-state index in [0.717, 1.165) is 72.3 Å². The lowest BCUT2D eigenvalue weighted by molar-refractivity contribution is 0.716. The number of fused-ring (bicyclic) bond motifs is 5. The molecule has 0 amide bonds. The van der Waals surface area contributed by atoms with Gasteiger partial charge in [-0.15, -0.1) is 0 Å². The molecule has 1 aliphatic heterocycles. The maximum Gasteiger partial charge on any atom is 0.0998 e. The van der Waals surface area contributed by atoms with Gasteiger partial charge >= 0.3 is 0 Å². The van der Waals surface area contributed by atoms with Crippen LogP contribution in [0.3, 0.4) is 0 Å². The molecule has 2 bridgehead atoms. The van der Waals surface area contributed by atoms with Crippen LogP contribution >= 0.6 is 0 Å². The fourth-order valence-corrected chi connectivity index (χ4v) is 7.70. The van der Waals surface area contributed by atoms with Crippen LogP contribution in [0.2, 0.25) is 0 Å². The first-order valence-electron chi connectivity index (χ1n) is 16.8. The molecule has 0 spiro atoms. The molecule has 1 aromatic heterocycles. The lowest BCUT2D eigenvalue weighted by Crippen LogP contribution is -2.37. The van der Waals surface area contributed by atoms with Gasteiger partial charge in [-0.05, 0) is 76.9 Å². The summed E-state index contributed by atoms with van der Waals surface area (Å²) in [7, 11) is 0. The summed E-state index contributed by atoms with van der Waals surface area (Å²) in [6, 6.07) is 48.7. The number of para-hydroxylation sites is 2. The molecule has 0 radical (unpaired) electrons. The predicted octanol–water partition coefficient (Wildman–Crippen LogP) is 10.1. The van der Waals surface area contributed by atoms with E-state index in [0.29, 0.717) is 17.6 Å². The van der Waals surface area contributed by atoms with Crippen LogP contribution in [-0.4, -0.2) is 10.6 Å². The summed E-state index contributed by atoms with van der Waals surface area (Å²) in [5, 5.41) is 32.1. The standard InChI is InChI=1S/C46H27N5/c47-27-30-13-19-36-25-34(23-30)40-21-14-31(28-48)24-46(40)50(36)37-20-22-38(35(26-37)29-49)32-15-17-33(18-16-32)39-7-1-4-10-43(39)51-44-11-5-2-8-41(44)42-9-3-6-12-45(42)51/h1-2,4-8,10-23,25-26,31,36H,24H2. The van der Waals surface area contributed by atoms with E-state index in [1.165, 1.54) is 0 Å². The van der Waals surface area contributed by atoms with Gasteiger partial charge < -0.3 is 9.47 Å². The summed E-state index contributed by atoms with van der Waals surface area (Å²) in [6.45, 7) is 0. The van der Waals surface area contributed by atoms with Crippen molar-refractivity contribution in [1.29, 1.82) is 15.8 Å². The normalized spacial score (nSPS) is 17.5. The molecule has 6 aromatic rings. The van der Waals surface area contributed by atoms with Gasteiger partial charge in [0.2, 0.25) is 0 Å². The van der Waals surface area contributed by atoms with Gasteiger partial charge in [0.25, 0.3) is 0 Å². The van der Waals surface area contributed by atoms with Crippen molar-refractivity contribution in [3.05, 3.63) is 180 Å². The van der Waals surface area contributed by atoms with E-state index in [9.17, 15) is 15.8 Å². The molecule has 5 aromatic carbocycles. The van der Waals surface area contributed by atoms with E-state index in [1.807, 2.05) is 48.6 Å². The maximum absolute atomic E-state index is 10.4. The number of hydrogen-bond donors (Lipinski definition) is 0. The van der Waals surface area contributed by atoms with Crippen LogP contribution in [0.25, 0.3) is 49.7 Å². The SMILES string of the molecule is N#CC1=CC2=CC(C=C1)N(c1ccc(-c3ccc(-c4ccccc4-n4c5ccc#cc5c5ccccc54)cc3)c(C#N)c1)C1=C2C=CC(C#N)C1. The highest BCUT2D eigenvalue weighted by atomic mass is 15.2. The Morgan fingerprint density at radius 1 is 0.745 bits per heavy atom. The Hall–Kier alpha value is -7.31. The minimum Gasteiger partial charge on any atom is -0.334 e. The molecule has 0 saturated carbocycles. The van der Waals surface area contributed by atoms with Crippen molar-refractivity contribution < 1.29 is 0 Å². The van der Waals surface area contributed by atoms with Crippen LogP contribution in [0.1, 0.15) is 12.0 Å². The molecule has 2 aliphatic carbocycles. The minimum atomic E-state index is -0.249. The molecule has 51 heavy (non-hydrogen) atoms. The molecule has 2 unspecified atom stereocenters. The largest absolute Gasteiger partial charge is 0.334 e. The summed E-state index contributed by atoms with van der Waals surface area (Å²) in [4.78, 5) is 2.20. The average Bonchev–Trinajstić information content (AvgIpc) is 3.41. The van der Waals surface area contributed by atoms with E-state index in [2.05, 4.69) is 131 Å². The number of anilines is 1. The molecule has 5 heteroatoms. The van der Waals surface area contributed by atoms with Gasteiger partial charge in [0.05, 0.1) is 63.4 Å². The van der Waals surface area contributed by atoms with Gasteiger partial charge in [-0.2, -0.15) is 15.8 Å². The quantitative estimate of drug-likeness (QED) is 0.190. The lowest BCUT2D eigenvalue weighted by Gasteiger charge is -2.39. The van der Waals surface area contributed by atoms with Gasteiger partial charge in [-0.25, -0.2) is 0 Å². The number of aromatic nitrogens is 1. The maximum atomic E-state index is 10.4. The van der Waals surface area contributed by atoms with Crippen LogP contribution in [0.15, 0.2) is 162 Å². The fraction of sp³-hybridized carbons (Fsp3) is 0.0652. The number of hydrogen-bond acceptors (Lipinski definition) is 4. The number of allylic oxidation sites excluding steroid dienone is 8. The minimum absolute atomic E-state index is 0.158. The second-order valence-electron chi connectivity index (χ2n) is 12.9. The second-order valence-corrected chi connectivity index (χ2v) is 12.9. The third-order valence-corrected chi connectivity index (χ3v) is 10.0. The fourth-order valence-electron chi connectivity index (χ4n) is 7.70. The van der Waals surface area contributed by atoms with Gasteiger partial charge in [-0.1, -0.05) is 97.1 Å². The van der Waals surface area contributed by atoms with Crippen molar-refractivity contribution in [2.45, 2.75) is 12.5 Å². The van der Waals surface area contributed by atoms with Crippen molar-refractivity contribution in [1.82, 2.24) is 4.57 Å². The van der Waals surface area contributed by atoms with Crippen LogP contribution in [0.5, 0.6) is 0 Å². The zero-order chi connectivity index (χ0) is 34.5. The monoisotopic (exact) mass is 649 g/mol. The first kappa shape index (κ1) is 29.8. The van der Waals surface area contributed by atoms with E-state index < -0.39 is 0 Å². The number of nitriles is 3. The van der Waals surface area contributed by atoms with Gasteiger partial charge in [0.1, 0.15) is 0 Å². The van der Waals surface area contributed by atoms with Gasteiger partial charge in [0.15, 0.2) is 0 Å². The van der Waals surface area contributed by atoms with Crippen LogP contribution in [0, 0.1) is 52.0 Å². The predicted molar refractivity (Wildman–Crippen MR) is 201 cm³/mol. The molecule has 3 aliphatic rings. The summed E-state index contributed by atoms with van der Waals surface area (Å²) in [5.41, 5.74) is 12.2. The Morgan fingerprint density at radius 3 is 2.37 bits per heavy atom. The van der Waals surface area contributed by atoms with Crippen LogP contribution in [0.4, 0.5) is 5.69 Å². The topological polar surface area (TPSA) is 79.5 Å². The first-order chi connectivity index (χ1) is 25.1. The molecule has 5 nitrogen and oxygen atoms in total. The lowest BCUT2D eigenvalue weighted by atomic mass is 9.85. The number of rotatable bonds is 4. The van der Waals surface area contributed by atoms with Crippen LogP contribution in [-0.2, 0) is 0 Å². The zero-order valence-electron chi connectivity index (χ0n) is 27.4. The Bertz CT molecular complexity index is 2660. The molecule has 2 heterocycles. The highest BCUT2D eigenvalue weighted by Gasteiger charge is 2.32. The van der Waals surface area contributed by atoms with Crippen molar-refractivity contribution in [3.8, 4) is 46.1 Å². The summed E-state index contributed by atoms with van der Waals surface area (Å²) >= 11 is 0. The van der Waals surface area contributed by atoms with Crippen molar-refractivity contribution >= 4 is 27.5 Å². The Kier molecular flexibility index (Phi) is 7.00. The molecule has 0 N–H and O–H groups in total. The number of nitrogens with zero attached hydrogens (tertiary/aromatic N) is 5. The smallest absolute Gasteiger partial charge is 0.0998 e. The van der Waals surface area contributed by atoms with Crippen molar-refractivity contribution in [2.75, 3.05) is 4.90 Å². The summed E-state index contributed by atoms with van der Waals surface area (Å²) in [5.74, 6) is -0.249. The van der Waals surface area contributed by atoms with Crippen LogP contribution < -0.4 is 4.90 Å². The molecule has 236 valence electrons. The molecule has 0 saturated heterocycles. The molecular formula is C46H27N5. The Labute approximate surface area is 296 Å². The van der Waals surface area contributed by atoms with Crippen molar-refractivity contribution in [2.24, 2.45) is 5.92 Å². The first-order valence-corrected chi connectivity index (χ1v) is 16.8. The van der Waals surface area contributed by atoms with Gasteiger partial charge in [-0.3, -0.25) is 0 Å². The Morgan fingerprint density at radius 2 is 1.55 bits per heavy atom. The van der Waals surface area contributed by atoms with E-state index in [4.69, 9.17) is 0 Å². The molecule has 9 rings (SSSR count). The highest BCUT2D eigenvalue weighted by molar-refractivity contribution is 6.09. The highest BCUT2D eigenvalue weighted by Crippen LogP contribution is 2.42. The third-order valence-electron chi connectivity index (χ3n) is 10.0. The Balaban J connectivity index is 1.09. The number of benzene rings is 4. The van der Waals surface area contributed by atoms with E-state index >= 15 is 0 Å². The average molecular weight is 650 g/mol. The van der Waals surface area contributed by atoms with E-state index in [1.54, 1.807) is 0 Å². The molecular weight excluding hydrogens is 623 g/mol. The zero-order valence-corrected chi connectivity index (χ0v) is 27.4. The second kappa shape index (κ2) is 12.0. The molecule has 2 atom stereocenters. The van der Waals surface area contributed by atoms with E-state index in [-0.39, 0.29) is 12.0 Å². The van der Waals surface area contributed by atoms with Gasteiger partial charge in [0, 0.05) is 34.3 Å². The summed E-state index contributed by atoms with van der Waals surface area (Å²) < 4.78 is 2.30. The summed E-state index contributed by atoms with van der Waals surface area (Å²) in [6.07, 6.45) is 12.4. The molecule has 0 fully saturated rings.